The Bertz CT molecular complexity index is 874. The molecule has 140 valence electrons. The zero-order valence-electron chi connectivity index (χ0n) is 15.1. The molecule has 9 nitrogen and oxygen atoms in total. The summed E-state index contributed by atoms with van der Waals surface area (Å²) in [5, 5.41) is 3.49. The van der Waals surface area contributed by atoms with Crippen molar-refractivity contribution < 1.29 is 19.0 Å². The third-order valence-electron chi connectivity index (χ3n) is 4.40. The summed E-state index contributed by atoms with van der Waals surface area (Å²) in [5.41, 5.74) is 0.0266. The number of aromatic nitrogens is 2. The second kappa shape index (κ2) is 7.61. The molecule has 0 aliphatic carbocycles. The van der Waals surface area contributed by atoms with Gasteiger partial charge in [0.25, 0.3) is 5.56 Å². The number of benzene rings is 1. The fraction of sp³-hybridized carbons (Fsp3) is 0.471. The van der Waals surface area contributed by atoms with Crippen molar-refractivity contribution in [3.05, 3.63) is 22.7 Å². The lowest BCUT2D eigenvalue weighted by atomic mass is 10.2. The van der Waals surface area contributed by atoms with Gasteiger partial charge in [-0.25, -0.2) is 4.98 Å². The lowest BCUT2D eigenvalue weighted by Crippen LogP contribution is -2.48. The summed E-state index contributed by atoms with van der Waals surface area (Å²) in [6.07, 6.45) is 1.36. The summed E-state index contributed by atoms with van der Waals surface area (Å²) in [4.78, 5) is 31.4. The quantitative estimate of drug-likeness (QED) is 0.791. The number of amides is 1. The van der Waals surface area contributed by atoms with Crippen molar-refractivity contribution in [2.45, 2.75) is 6.54 Å². The Kier molecular flexibility index (Phi) is 5.27. The van der Waals surface area contributed by atoms with Crippen LogP contribution in [-0.4, -0.2) is 67.9 Å². The Balaban J connectivity index is 2.02. The van der Waals surface area contributed by atoms with E-state index >= 15 is 0 Å². The average Bonchev–Trinajstić information content (AvgIpc) is 2.69. The van der Waals surface area contributed by atoms with E-state index < -0.39 is 0 Å². The number of piperazine rings is 1. The van der Waals surface area contributed by atoms with Crippen LogP contribution < -0.4 is 25.1 Å². The molecule has 0 bridgehead atoms. The Morgan fingerprint density at radius 1 is 1.15 bits per heavy atom. The number of rotatable bonds is 5. The van der Waals surface area contributed by atoms with Gasteiger partial charge in [-0.1, -0.05) is 0 Å². The van der Waals surface area contributed by atoms with Gasteiger partial charge in [0, 0.05) is 26.2 Å². The van der Waals surface area contributed by atoms with E-state index in [2.05, 4.69) is 10.3 Å². The number of ether oxygens (including phenoxy) is 3. The van der Waals surface area contributed by atoms with Crippen LogP contribution in [0.4, 0.5) is 0 Å². The summed E-state index contributed by atoms with van der Waals surface area (Å²) >= 11 is 0. The zero-order chi connectivity index (χ0) is 18.7. The number of hydrogen-bond acceptors (Lipinski definition) is 7. The predicted octanol–water partition coefficient (Wildman–Crippen LogP) is -0.146. The maximum absolute atomic E-state index is 12.9. The first-order valence-electron chi connectivity index (χ1n) is 8.27. The molecule has 3 rings (SSSR count). The average molecular weight is 362 g/mol. The van der Waals surface area contributed by atoms with Gasteiger partial charge in [-0.3, -0.25) is 14.2 Å². The van der Waals surface area contributed by atoms with Crippen molar-refractivity contribution in [1.82, 2.24) is 19.8 Å². The highest BCUT2D eigenvalue weighted by Gasteiger charge is 2.21. The Labute approximate surface area is 150 Å². The summed E-state index contributed by atoms with van der Waals surface area (Å²) in [6.45, 7) is 2.72. The third kappa shape index (κ3) is 3.17. The molecular weight excluding hydrogens is 340 g/mol. The van der Waals surface area contributed by atoms with E-state index in [-0.39, 0.29) is 18.0 Å². The van der Waals surface area contributed by atoms with Crippen molar-refractivity contribution in [3.8, 4) is 17.2 Å². The van der Waals surface area contributed by atoms with Gasteiger partial charge in [0.1, 0.15) is 12.1 Å². The Hall–Kier alpha value is -2.81. The minimum absolute atomic E-state index is 0.0571. The van der Waals surface area contributed by atoms with Gasteiger partial charge in [0.05, 0.1) is 33.0 Å². The van der Waals surface area contributed by atoms with Gasteiger partial charge in [0.2, 0.25) is 11.7 Å². The number of nitrogens with one attached hydrogen (secondary N) is 1. The fourth-order valence-electron chi connectivity index (χ4n) is 3.04. The Morgan fingerprint density at radius 2 is 1.85 bits per heavy atom. The highest BCUT2D eigenvalue weighted by molar-refractivity contribution is 5.89. The standard InChI is InChI=1S/C17H22N4O5/c1-24-12-8-11-14(16(26-3)15(12)25-2)19-10-21(17(11)23)9-13(22)20-6-4-18-5-7-20/h8,10,18H,4-7,9H2,1-3H3. The normalized spacial score (nSPS) is 14.3. The first-order valence-corrected chi connectivity index (χ1v) is 8.27. The maximum Gasteiger partial charge on any atom is 0.261 e. The maximum atomic E-state index is 12.9. The predicted molar refractivity (Wildman–Crippen MR) is 95.1 cm³/mol. The van der Waals surface area contributed by atoms with Crippen LogP contribution in [-0.2, 0) is 11.3 Å². The summed E-state index contributed by atoms with van der Waals surface area (Å²) in [7, 11) is 4.43. The van der Waals surface area contributed by atoms with Gasteiger partial charge in [-0.05, 0) is 6.07 Å². The highest BCUT2D eigenvalue weighted by atomic mass is 16.5. The third-order valence-corrected chi connectivity index (χ3v) is 4.40. The summed E-state index contributed by atoms with van der Waals surface area (Å²) in [6, 6.07) is 1.55. The molecular formula is C17H22N4O5. The van der Waals surface area contributed by atoms with Crippen LogP contribution in [0.3, 0.4) is 0 Å². The molecule has 1 amide bonds. The molecule has 0 saturated carbocycles. The molecule has 1 aliphatic heterocycles. The first-order chi connectivity index (χ1) is 12.6. The van der Waals surface area contributed by atoms with Gasteiger partial charge in [0.15, 0.2) is 11.5 Å². The number of nitrogens with zero attached hydrogens (tertiary/aromatic N) is 3. The molecule has 0 radical (unpaired) electrons. The number of carbonyl (C=O) groups is 1. The minimum Gasteiger partial charge on any atom is -0.493 e. The fourth-order valence-corrected chi connectivity index (χ4v) is 3.04. The highest BCUT2D eigenvalue weighted by Crippen LogP contribution is 2.41. The largest absolute Gasteiger partial charge is 0.493 e. The van der Waals surface area contributed by atoms with Crippen LogP contribution in [0, 0.1) is 0 Å². The SMILES string of the molecule is COc1cc2c(=O)n(CC(=O)N3CCNCC3)cnc2c(OC)c1OC. The smallest absolute Gasteiger partial charge is 0.261 e. The van der Waals surface area contributed by atoms with Crippen molar-refractivity contribution in [2.24, 2.45) is 0 Å². The molecule has 9 heteroatoms. The van der Waals surface area contributed by atoms with E-state index in [1.165, 1.54) is 32.2 Å². The number of methoxy groups -OCH3 is 3. The van der Waals surface area contributed by atoms with E-state index in [4.69, 9.17) is 14.2 Å². The molecule has 1 N–H and O–H groups in total. The second-order valence-electron chi connectivity index (χ2n) is 5.85. The molecule has 0 unspecified atom stereocenters. The molecule has 2 heterocycles. The topological polar surface area (TPSA) is 94.9 Å². The van der Waals surface area contributed by atoms with E-state index in [0.29, 0.717) is 41.2 Å². The van der Waals surface area contributed by atoms with Crippen LogP contribution >= 0.6 is 0 Å². The van der Waals surface area contributed by atoms with E-state index in [0.717, 1.165) is 13.1 Å². The molecule has 1 aliphatic rings. The molecule has 0 atom stereocenters. The molecule has 1 saturated heterocycles. The molecule has 1 aromatic heterocycles. The lowest BCUT2D eigenvalue weighted by Gasteiger charge is -2.27. The van der Waals surface area contributed by atoms with Gasteiger partial charge >= 0.3 is 0 Å². The second-order valence-corrected chi connectivity index (χ2v) is 5.85. The molecule has 0 spiro atoms. The van der Waals surface area contributed by atoms with E-state index in [1.54, 1.807) is 11.0 Å². The van der Waals surface area contributed by atoms with Crippen molar-refractivity contribution in [2.75, 3.05) is 47.5 Å². The van der Waals surface area contributed by atoms with Crippen molar-refractivity contribution in [3.63, 3.8) is 0 Å². The van der Waals surface area contributed by atoms with Crippen LogP contribution in [0.15, 0.2) is 17.2 Å². The lowest BCUT2D eigenvalue weighted by molar-refractivity contribution is -0.132. The van der Waals surface area contributed by atoms with Crippen LogP contribution in [0.2, 0.25) is 0 Å². The molecule has 1 aromatic carbocycles. The van der Waals surface area contributed by atoms with Crippen molar-refractivity contribution >= 4 is 16.8 Å². The molecule has 2 aromatic rings. The monoisotopic (exact) mass is 362 g/mol. The molecule has 26 heavy (non-hydrogen) atoms. The Morgan fingerprint density at radius 3 is 2.46 bits per heavy atom. The molecule has 1 fully saturated rings. The van der Waals surface area contributed by atoms with Crippen LogP contribution in [0.25, 0.3) is 10.9 Å². The summed E-state index contributed by atoms with van der Waals surface area (Å²) < 4.78 is 17.3. The first kappa shape index (κ1) is 18.0. The van der Waals surface area contributed by atoms with Gasteiger partial charge in [-0.2, -0.15) is 0 Å². The van der Waals surface area contributed by atoms with Crippen molar-refractivity contribution in [1.29, 1.82) is 0 Å². The van der Waals surface area contributed by atoms with E-state index in [1.807, 2.05) is 0 Å². The number of carbonyl (C=O) groups excluding carboxylic acids is 1. The minimum atomic E-state index is -0.335. The number of hydrogen-bond donors (Lipinski definition) is 1. The van der Waals surface area contributed by atoms with Crippen LogP contribution in [0.5, 0.6) is 17.2 Å². The van der Waals surface area contributed by atoms with E-state index in [9.17, 15) is 9.59 Å². The van der Waals surface area contributed by atoms with Crippen LogP contribution in [0.1, 0.15) is 0 Å². The summed E-state index contributed by atoms with van der Waals surface area (Å²) in [5.74, 6) is 0.938. The van der Waals surface area contributed by atoms with Gasteiger partial charge in [-0.15, -0.1) is 0 Å². The van der Waals surface area contributed by atoms with Gasteiger partial charge < -0.3 is 24.4 Å². The number of fused-ring (bicyclic) bond motifs is 1. The zero-order valence-corrected chi connectivity index (χ0v) is 15.1.